The summed E-state index contributed by atoms with van der Waals surface area (Å²) in [6.07, 6.45) is 2.81. The summed E-state index contributed by atoms with van der Waals surface area (Å²) in [5.41, 5.74) is 0.788. The zero-order chi connectivity index (χ0) is 18.7. The van der Waals surface area contributed by atoms with Crippen LogP contribution in [0.4, 0.5) is 0 Å². The van der Waals surface area contributed by atoms with Crippen molar-refractivity contribution >= 4 is 17.5 Å². The number of amides is 1. The fraction of sp³-hybridized carbons (Fsp3) is 0.650. The predicted octanol–water partition coefficient (Wildman–Crippen LogP) is 3.28. The topological polar surface area (TPSA) is 50.8 Å². The molecule has 0 radical (unpaired) electrons. The van der Waals surface area contributed by atoms with Gasteiger partial charge >= 0.3 is 0 Å². The van der Waals surface area contributed by atoms with Crippen molar-refractivity contribution < 1.29 is 14.3 Å². The van der Waals surface area contributed by atoms with E-state index in [-0.39, 0.29) is 17.9 Å². The Morgan fingerprint density at radius 3 is 2.88 bits per heavy atom. The molecule has 0 aliphatic carbocycles. The Labute approximate surface area is 161 Å². The minimum Gasteiger partial charge on any atom is -0.486 e. The monoisotopic (exact) mass is 380 g/mol. The molecule has 1 aromatic carbocycles. The number of piperidine rings is 1. The van der Waals surface area contributed by atoms with Gasteiger partial charge in [-0.25, -0.2) is 0 Å². The van der Waals surface area contributed by atoms with E-state index < -0.39 is 0 Å². The van der Waals surface area contributed by atoms with Gasteiger partial charge in [-0.05, 0) is 56.8 Å². The SMILES string of the molecule is CC1CCCN(C(C)(C)CNC(=O)Cc2cc(Cl)c3c(c2)OCCO3)C1. The molecule has 1 unspecified atom stereocenters. The quantitative estimate of drug-likeness (QED) is 0.851. The molecule has 0 aromatic heterocycles. The van der Waals surface area contributed by atoms with Crippen molar-refractivity contribution in [3.63, 3.8) is 0 Å². The molecular weight excluding hydrogens is 352 g/mol. The van der Waals surface area contributed by atoms with Crippen LogP contribution in [0.25, 0.3) is 0 Å². The molecular formula is C20H29ClN2O3. The largest absolute Gasteiger partial charge is 0.486 e. The van der Waals surface area contributed by atoms with Gasteiger partial charge in [0.1, 0.15) is 13.2 Å². The Kier molecular flexibility index (Phi) is 5.98. The number of carbonyl (C=O) groups excluding carboxylic acids is 1. The highest BCUT2D eigenvalue weighted by atomic mass is 35.5. The van der Waals surface area contributed by atoms with E-state index in [9.17, 15) is 4.79 Å². The summed E-state index contributed by atoms with van der Waals surface area (Å²) in [5.74, 6) is 1.91. The number of ether oxygens (including phenoxy) is 2. The second-order valence-corrected chi connectivity index (χ2v) is 8.47. The van der Waals surface area contributed by atoms with Crippen LogP contribution in [0.2, 0.25) is 5.02 Å². The van der Waals surface area contributed by atoms with E-state index in [0.717, 1.165) is 24.6 Å². The summed E-state index contributed by atoms with van der Waals surface area (Å²) >= 11 is 6.25. The first kappa shape index (κ1) is 19.3. The van der Waals surface area contributed by atoms with Gasteiger partial charge in [-0.1, -0.05) is 18.5 Å². The third-order valence-corrected chi connectivity index (χ3v) is 5.53. The number of hydrogen-bond donors (Lipinski definition) is 1. The second-order valence-electron chi connectivity index (χ2n) is 8.06. The van der Waals surface area contributed by atoms with E-state index in [1.165, 1.54) is 12.8 Å². The molecule has 0 saturated carbocycles. The number of hydrogen-bond acceptors (Lipinski definition) is 4. The summed E-state index contributed by atoms with van der Waals surface area (Å²) in [5, 5.41) is 3.58. The second kappa shape index (κ2) is 8.05. The molecule has 1 fully saturated rings. The van der Waals surface area contributed by atoms with E-state index in [1.54, 1.807) is 6.07 Å². The van der Waals surface area contributed by atoms with Gasteiger partial charge in [0.25, 0.3) is 0 Å². The zero-order valence-corrected chi connectivity index (χ0v) is 16.7. The third kappa shape index (κ3) is 4.63. The highest BCUT2D eigenvalue weighted by molar-refractivity contribution is 6.32. The lowest BCUT2D eigenvalue weighted by molar-refractivity contribution is -0.121. The molecule has 2 heterocycles. The summed E-state index contributed by atoms with van der Waals surface area (Å²) in [4.78, 5) is 14.9. The summed E-state index contributed by atoms with van der Waals surface area (Å²) in [6.45, 7) is 10.5. The van der Waals surface area contributed by atoms with Crippen molar-refractivity contribution in [2.24, 2.45) is 5.92 Å². The van der Waals surface area contributed by atoms with E-state index >= 15 is 0 Å². The van der Waals surface area contributed by atoms with Crippen LogP contribution in [-0.4, -0.2) is 49.2 Å². The number of nitrogens with zero attached hydrogens (tertiary/aromatic N) is 1. The summed E-state index contributed by atoms with van der Waals surface area (Å²) in [6, 6.07) is 3.63. The summed E-state index contributed by atoms with van der Waals surface area (Å²) < 4.78 is 11.1. The van der Waals surface area contributed by atoms with Crippen LogP contribution < -0.4 is 14.8 Å². The number of halogens is 1. The van der Waals surface area contributed by atoms with Crippen LogP contribution in [-0.2, 0) is 11.2 Å². The van der Waals surface area contributed by atoms with Gasteiger partial charge in [0, 0.05) is 18.6 Å². The van der Waals surface area contributed by atoms with Gasteiger partial charge < -0.3 is 14.8 Å². The lowest BCUT2D eigenvalue weighted by atomic mass is 9.93. The summed E-state index contributed by atoms with van der Waals surface area (Å²) in [7, 11) is 0. The van der Waals surface area contributed by atoms with Gasteiger partial charge in [0.15, 0.2) is 11.5 Å². The standard InChI is InChI=1S/C20H29ClN2O3/c1-14-5-4-6-23(12-14)20(2,3)13-22-18(24)11-15-9-16(21)19-17(10-15)25-7-8-26-19/h9-10,14H,4-8,11-13H2,1-3H3,(H,22,24). The molecule has 2 aliphatic heterocycles. The van der Waals surface area contributed by atoms with Crippen molar-refractivity contribution in [1.82, 2.24) is 10.2 Å². The molecule has 1 aromatic rings. The van der Waals surface area contributed by atoms with Crippen molar-refractivity contribution in [3.05, 3.63) is 22.7 Å². The predicted molar refractivity (Wildman–Crippen MR) is 103 cm³/mol. The van der Waals surface area contributed by atoms with Gasteiger partial charge in [0.05, 0.1) is 11.4 Å². The van der Waals surface area contributed by atoms with Crippen molar-refractivity contribution in [3.8, 4) is 11.5 Å². The molecule has 26 heavy (non-hydrogen) atoms. The molecule has 2 aliphatic rings. The Bertz CT molecular complexity index is 663. The van der Waals surface area contributed by atoms with Gasteiger partial charge in [-0.15, -0.1) is 0 Å². The number of nitrogens with one attached hydrogen (secondary N) is 1. The Hall–Kier alpha value is -1.46. The lowest BCUT2D eigenvalue weighted by Gasteiger charge is -2.43. The van der Waals surface area contributed by atoms with Crippen LogP contribution in [0.5, 0.6) is 11.5 Å². The van der Waals surface area contributed by atoms with Gasteiger partial charge in [0.2, 0.25) is 5.91 Å². The van der Waals surface area contributed by atoms with E-state index in [0.29, 0.717) is 36.3 Å². The molecule has 0 bridgehead atoms. The Morgan fingerprint density at radius 1 is 1.35 bits per heavy atom. The molecule has 1 N–H and O–H groups in total. The highest BCUT2D eigenvalue weighted by Gasteiger charge is 2.30. The Morgan fingerprint density at radius 2 is 2.12 bits per heavy atom. The lowest BCUT2D eigenvalue weighted by Crippen LogP contribution is -2.54. The highest BCUT2D eigenvalue weighted by Crippen LogP contribution is 2.38. The first-order valence-corrected chi connectivity index (χ1v) is 9.83. The van der Waals surface area contributed by atoms with E-state index in [1.807, 2.05) is 6.07 Å². The molecule has 3 rings (SSSR count). The van der Waals surface area contributed by atoms with Gasteiger partial charge in [-0.2, -0.15) is 0 Å². The zero-order valence-electron chi connectivity index (χ0n) is 15.9. The molecule has 144 valence electrons. The first-order chi connectivity index (χ1) is 12.3. The number of rotatable bonds is 5. The minimum absolute atomic E-state index is 0.00382. The van der Waals surface area contributed by atoms with Crippen LogP contribution in [0.3, 0.4) is 0 Å². The van der Waals surface area contributed by atoms with Gasteiger partial charge in [-0.3, -0.25) is 9.69 Å². The van der Waals surface area contributed by atoms with E-state index in [4.69, 9.17) is 21.1 Å². The van der Waals surface area contributed by atoms with Crippen LogP contribution >= 0.6 is 11.6 Å². The number of carbonyl (C=O) groups is 1. The number of fused-ring (bicyclic) bond motifs is 1. The Balaban J connectivity index is 1.56. The molecule has 6 heteroatoms. The van der Waals surface area contributed by atoms with Crippen molar-refractivity contribution in [2.45, 2.75) is 45.6 Å². The van der Waals surface area contributed by atoms with Crippen LogP contribution in [0, 0.1) is 5.92 Å². The number of benzene rings is 1. The number of likely N-dealkylation sites (tertiary alicyclic amines) is 1. The average molecular weight is 381 g/mol. The van der Waals surface area contributed by atoms with Crippen molar-refractivity contribution in [1.29, 1.82) is 0 Å². The van der Waals surface area contributed by atoms with Crippen LogP contribution in [0.15, 0.2) is 12.1 Å². The maximum absolute atomic E-state index is 12.4. The molecule has 0 spiro atoms. The molecule has 1 amide bonds. The fourth-order valence-corrected chi connectivity index (χ4v) is 3.97. The average Bonchev–Trinajstić information content (AvgIpc) is 2.60. The minimum atomic E-state index is -0.0468. The van der Waals surface area contributed by atoms with Crippen LogP contribution in [0.1, 0.15) is 39.2 Å². The van der Waals surface area contributed by atoms with E-state index in [2.05, 4.69) is 31.0 Å². The maximum Gasteiger partial charge on any atom is 0.224 e. The molecule has 1 atom stereocenters. The first-order valence-electron chi connectivity index (χ1n) is 9.45. The van der Waals surface area contributed by atoms with Crippen molar-refractivity contribution in [2.75, 3.05) is 32.8 Å². The molecule has 1 saturated heterocycles. The fourth-order valence-electron chi connectivity index (χ4n) is 3.68. The third-order valence-electron chi connectivity index (χ3n) is 5.25. The molecule has 5 nitrogen and oxygen atoms in total. The normalized spacial score (nSPS) is 20.7. The maximum atomic E-state index is 12.4. The smallest absolute Gasteiger partial charge is 0.224 e.